The number of hydrogen-bond donors (Lipinski definition) is 2. The van der Waals surface area contributed by atoms with Crippen molar-refractivity contribution < 1.29 is 29.3 Å². The van der Waals surface area contributed by atoms with Crippen LogP contribution in [-0.4, -0.2) is 46.1 Å². The summed E-state index contributed by atoms with van der Waals surface area (Å²) < 4.78 is 5.37. The van der Waals surface area contributed by atoms with Crippen molar-refractivity contribution in [3.8, 4) is 0 Å². The summed E-state index contributed by atoms with van der Waals surface area (Å²) >= 11 is 0. The minimum atomic E-state index is -1.58. The highest BCUT2D eigenvalue weighted by Crippen LogP contribution is 2.67. The summed E-state index contributed by atoms with van der Waals surface area (Å²) in [6.45, 7) is 3.77. The van der Waals surface area contributed by atoms with Crippen molar-refractivity contribution in [2.24, 2.45) is 34.5 Å². The van der Waals surface area contributed by atoms with Crippen LogP contribution in [0.1, 0.15) is 84.5 Å². The van der Waals surface area contributed by atoms with E-state index in [0.717, 1.165) is 51.4 Å². The van der Waals surface area contributed by atoms with E-state index in [0.29, 0.717) is 19.3 Å². The Morgan fingerprint density at radius 3 is 2.55 bits per heavy atom. The normalized spacial score (nSPS) is 45.1. The summed E-state index contributed by atoms with van der Waals surface area (Å²) in [4.78, 5) is 37.7. The van der Waals surface area contributed by atoms with Gasteiger partial charge in [0.15, 0.2) is 12.4 Å². The van der Waals surface area contributed by atoms with E-state index in [9.17, 15) is 24.6 Å². The van der Waals surface area contributed by atoms with Crippen molar-refractivity contribution in [3.63, 3.8) is 0 Å². The molecule has 0 spiro atoms. The lowest BCUT2D eigenvalue weighted by atomic mass is 9.45. The number of ketones is 2. The first-order valence-electron chi connectivity index (χ1n) is 12.9. The van der Waals surface area contributed by atoms with Gasteiger partial charge in [-0.1, -0.05) is 32.3 Å². The Morgan fingerprint density at radius 1 is 1.09 bits per heavy atom. The fourth-order valence-electron chi connectivity index (χ4n) is 8.69. The number of allylic oxidation sites excluding steroid dienone is 1. The Labute approximate surface area is 196 Å². The number of hydrogen-bond acceptors (Lipinski definition) is 6. The fraction of sp³-hybridized carbons (Fsp3) is 0.815. The van der Waals surface area contributed by atoms with Gasteiger partial charge in [0.25, 0.3) is 0 Å². The van der Waals surface area contributed by atoms with E-state index in [1.165, 1.54) is 5.57 Å². The molecular weight excluding hydrogens is 420 g/mol. The molecule has 5 aliphatic rings. The molecule has 4 saturated carbocycles. The molecule has 0 aliphatic heterocycles. The first-order chi connectivity index (χ1) is 15.6. The zero-order valence-electron chi connectivity index (χ0n) is 20.0. The van der Waals surface area contributed by atoms with Gasteiger partial charge >= 0.3 is 5.97 Å². The van der Waals surface area contributed by atoms with Crippen LogP contribution in [0.2, 0.25) is 0 Å². The van der Waals surface area contributed by atoms with E-state index < -0.39 is 22.9 Å². The van der Waals surface area contributed by atoms with Gasteiger partial charge in [0.1, 0.15) is 5.60 Å². The smallest absolute Gasteiger partial charge is 0.309 e. The van der Waals surface area contributed by atoms with E-state index >= 15 is 0 Å². The molecule has 0 amide bonds. The maximum Gasteiger partial charge on any atom is 0.309 e. The largest absolute Gasteiger partial charge is 0.457 e. The van der Waals surface area contributed by atoms with Gasteiger partial charge in [-0.2, -0.15) is 0 Å². The van der Waals surface area contributed by atoms with E-state index in [2.05, 4.69) is 6.92 Å². The second-order valence-corrected chi connectivity index (χ2v) is 12.0. The van der Waals surface area contributed by atoms with Gasteiger partial charge in [0, 0.05) is 11.8 Å². The Balaban J connectivity index is 1.36. The van der Waals surface area contributed by atoms with Gasteiger partial charge in [-0.15, -0.1) is 0 Å². The van der Waals surface area contributed by atoms with E-state index in [1.807, 2.05) is 13.0 Å². The molecule has 0 aromatic heterocycles. The molecule has 0 heterocycles. The highest BCUT2D eigenvalue weighted by Gasteiger charge is 2.68. The molecule has 5 rings (SSSR count). The number of aliphatic hydroxyl groups excluding tert-OH is 1. The quantitative estimate of drug-likeness (QED) is 0.625. The van der Waals surface area contributed by atoms with E-state index in [4.69, 9.17) is 4.74 Å². The van der Waals surface area contributed by atoms with Crippen LogP contribution in [0.4, 0.5) is 0 Å². The second-order valence-electron chi connectivity index (χ2n) is 12.0. The van der Waals surface area contributed by atoms with Crippen molar-refractivity contribution in [1.82, 2.24) is 0 Å². The maximum absolute atomic E-state index is 13.3. The molecule has 0 aromatic rings. The lowest BCUT2D eigenvalue weighted by molar-refractivity contribution is -0.185. The van der Waals surface area contributed by atoms with Crippen molar-refractivity contribution >= 4 is 17.5 Å². The van der Waals surface area contributed by atoms with Crippen molar-refractivity contribution in [2.45, 2.75) is 96.2 Å². The van der Waals surface area contributed by atoms with Gasteiger partial charge in [0.05, 0.1) is 12.0 Å². The number of rotatable bonds is 4. The first-order valence-corrected chi connectivity index (χ1v) is 12.9. The predicted molar refractivity (Wildman–Crippen MR) is 121 cm³/mol. The molecule has 4 fully saturated rings. The predicted octanol–water partition coefficient (Wildman–Crippen LogP) is 3.52. The van der Waals surface area contributed by atoms with Crippen LogP contribution in [0.3, 0.4) is 0 Å². The highest BCUT2D eigenvalue weighted by atomic mass is 16.5. The van der Waals surface area contributed by atoms with Crippen LogP contribution in [0.15, 0.2) is 11.6 Å². The molecule has 182 valence electrons. The third kappa shape index (κ3) is 3.38. The number of esters is 1. The van der Waals surface area contributed by atoms with Crippen molar-refractivity contribution in [1.29, 1.82) is 0 Å². The summed E-state index contributed by atoms with van der Waals surface area (Å²) in [5.74, 6) is -0.303. The van der Waals surface area contributed by atoms with E-state index in [1.54, 1.807) is 0 Å². The third-order valence-electron chi connectivity index (χ3n) is 10.5. The number of aliphatic hydroxyl groups is 2. The molecule has 7 atom stereocenters. The number of fused-ring (bicyclic) bond motifs is 5. The van der Waals surface area contributed by atoms with Crippen molar-refractivity contribution in [3.05, 3.63) is 11.6 Å². The van der Waals surface area contributed by atoms with Gasteiger partial charge in [-0.05, 0) is 80.6 Å². The molecule has 6 heteroatoms. The van der Waals surface area contributed by atoms with Crippen LogP contribution in [0, 0.1) is 34.5 Å². The molecule has 33 heavy (non-hydrogen) atoms. The Hall–Kier alpha value is -1.53. The standard InChI is InChI=1S/C27H38O6/c1-25-11-9-18(28)13-17(25)7-8-19-20-10-12-27(32,26(20,2)14-21(29)23(19)25)22(30)15-33-24(31)16-5-3-4-6-16/h13,16,19-21,23,29,32H,3-12,14-15H2,1-2H3/t19-,20-,21?,23+,25-,26-,27-/m0/s1. The minimum Gasteiger partial charge on any atom is -0.457 e. The summed E-state index contributed by atoms with van der Waals surface area (Å²) in [5.41, 5.74) is -1.35. The van der Waals surface area contributed by atoms with E-state index in [-0.39, 0.29) is 47.4 Å². The fourth-order valence-corrected chi connectivity index (χ4v) is 8.69. The lowest BCUT2D eigenvalue weighted by Gasteiger charge is -2.60. The van der Waals surface area contributed by atoms with Gasteiger partial charge in [0.2, 0.25) is 5.78 Å². The SMILES string of the molecule is C[C@]12CCC(=O)C=C1CC[C@@H]1[C@@H]2C(O)C[C@@]2(C)[C@H]1CC[C@]2(O)C(=O)COC(=O)C1CCCC1. The molecule has 0 radical (unpaired) electrons. The third-order valence-corrected chi connectivity index (χ3v) is 10.5. The lowest BCUT2D eigenvalue weighted by Crippen LogP contribution is -2.62. The summed E-state index contributed by atoms with van der Waals surface area (Å²) in [6, 6.07) is 0. The number of ether oxygens (including phenoxy) is 1. The number of carbonyl (C=O) groups is 3. The van der Waals surface area contributed by atoms with Crippen LogP contribution in [0.25, 0.3) is 0 Å². The van der Waals surface area contributed by atoms with Crippen LogP contribution in [-0.2, 0) is 19.1 Å². The molecule has 0 bridgehead atoms. The number of Topliss-reactive ketones (excluding diaryl/α,β-unsaturated/α-hetero) is 1. The monoisotopic (exact) mass is 458 g/mol. The topological polar surface area (TPSA) is 101 Å². The molecule has 0 saturated heterocycles. The Morgan fingerprint density at radius 2 is 1.82 bits per heavy atom. The Kier molecular flexibility index (Phi) is 5.64. The molecular formula is C27H38O6. The van der Waals surface area contributed by atoms with Gasteiger partial charge in [-0.25, -0.2) is 0 Å². The minimum absolute atomic E-state index is 0.0429. The summed E-state index contributed by atoms with van der Waals surface area (Å²) in [6.07, 6.45) is 9.26. The van der Waals surface area contributed by atoms with Crippen LogP contribution in [0.5, 0.6) is 0 Å². The zero-order chi connectivity index (χ0) is 23.6. The van der Waals surface area contributed by atoms with Crippen molar-refractivity contribution in [2.75, 3.05) is 6.61 Å². The first kappa shape index (κ1) is 23.2. The zero-order valence-corrected chi connectivity index (χ0v) is 20.0. The average molecular weight is 459 g/mol. The summed E-state index contributed by atoms with van der Waals surface area (Å²) in [5, 5.41) is 23.2. The molecule has 2 N–H and O–H groups in total. The summed E-state index contributed by atoms with van der Waals surface area (Å²) in [7, 11) is 0. The maximum atomic E-state index is 13.3. The van der Waals surface area contributed by atoms with Crippen LogP contribution >= 0.6 is 0 Å². The molecule has 6 nitrogen and oxygen atoms in total. The molecule has 0 aromatic carbocycles. The average Bonchev–Trinajstić information content (AvgIpc) is 3.39. The van der Waals surface area contributed by atoms with Gasteiger partial charge in [-0.3, -0.25) is 14.4 Å². The second kappa shape index (κ2) is 8.01. The molecule has 5 aliphatic carbocycles. The van der Waals surface area contributed by atoms with Crippen LogP contribution < -0.4 is 0 Å². The van der Waals surface area contributed by atoms with Gasteiger partial charge < -0.3 is 14.9 Å². The Bertz CT molecular complexity index is 887. The molecule has 1 unspecified atom stereocenters. The highest BCUT2D eigenvalue weighted by molar-refractivity contribution is 5.92. The number of carbonyl (C=O) groups excluding carboxylic acids is 3.